The first-order chi connectivity index (χ1) is 10.6. The number of amides is 1. The Morgan fingerprint density at radius 2 is 2.14 bits per heavy atom. The van der Waals surface area contributed by atoms with Crippen LogP contribution in [0, 0.1) is 11.3 Å². The molecule has 3 N–H and O–H groups in total. The molecule has 0 aliphatic heterocycles. The van der Waals surface area contributed by atoms with E-state index >= 15 is 0 Å². The van der Waals surface area contributed by atoms with Crippen molar-refractivity contribution in [3.8, 4) is 6.07 Å². The molecule has 118 valence electrons. The molecule has 0 bridgehead atoms. The number of carbonyl (C=O) groups excluding carboxylic acids is 1. The molecule has 1 aromatic heterocycles. The van der Waals surface area contributed by atoms with Crippen LogP contribution in [-0.4, -0.2) is 32.1 Å². The Morgan fingerprint density at radius 1 is 1.41 bits per heavy atom. The van der Waals surface area contributed by atoms with Gasteiger partial charge in [0.2, 0.25) is 11.1 Å². The largest absolute Gasteiger partial charge is 0.337 e. The number of nitrogens with zero attached hydrogens (tertiary/aromatic N) is 4. The fraction of sp³-hybridized carbons (Fsp3) is 0.714. The highest BCUT2D eigenvalue weighted by Crippen LogP contribution is 2.39. The molecule has 0 saturated heterocycles. The molecule has 2 aliphatic carbocycles. The molecule has 0 spiro atoms. The topological polar surface area (TPSA) is 110 Å². The van der Waals surface area contributed by atoms with Crippen molar-refractivity contribution >= 4 is 17.7 Å². The maximum atomic E-state index is 12.1. The van der Waals surface area contributed by atoms with Crippen LogP contribution in [0.25, 0.3) is 0 Å². The van der Waals surface area contributed by atoms with Crippen LogP contribution in [0.4, 0.5) is 0 Å². The van der Waals surface area contributed by atoms with Crippen molar-refractivity contribution in [3.05, 3.63) is 5.82 Å². The van der Waals surface area contributed by atoms with Crippen molar-refractivity contribution < 1.29 is 4.79 Å². The van der Waals surface area contributed by atoms with Gasteiger partial charge in [0.15, 0.2) is 5.82 Å². The van der Waals surface area contributed by atoms with E-state index in [0.29, 0.717) is 11.1 Å². The molecule has 2 aliphatic rings. The summed E-state index contributed by atoms with van der Waals surface area (Å²) in [5.41, 5.74) is -0.689. The summed E-state index contributed by atoms with van der Waals surface area (Å²) < 4.78 is 1.48. The van der Waals surface area contributed by atoms with Gasteiger partial charge in [0.1, 0.15) is 5.54 Å². The van der Waals surface area contributed by atoms with Crippen LogP contribution >= 0.6 is 11.8 Å². The standard InChI is InChI=1S/C14H20N6OS/c15-9-14(6-2-1-3-7-14)17-11(21)8-22-13-19-18-12(20(13)16)10-4-5-10/h10H,1-8,16H2,(H,17,21). The van der Waals surface area contributed by atoms with Crippen LogP contribution in [0.1, 0.15) is 56.7 Å². The number of nitrogens with one attached hydrogen (secondary N) is 1. The highest BCUT2D eigenvalue weighted by molar-refractivity contribution is 7.99. The van der Waals surface area contributed by atoms with Gasteiger partial charge in [0.05, 0.1) is 11.8 Å². The van der Waals surface area contributed by atoms with Gasteiger partial charge in [-0.2, -0.15) is 5.26 Å². The van der Waals surface area contributed by atoms with Crippen LogP contribution in [0.3, 0.4) is 0 Å². The first-order valence-corrected chi connectivity index (χ1v) is 8.67. The summed E-state index contributed by atoms with van der Waals surface area (Å²) in [6, 6.07) is 2.29. The van der Waals surface area contributed by atoms with Crippen LogP contribution in [0.5, 0.6) is 0 Å². The summed E-state index contributed by atoms with van der Waals surface area (Å²) in [6.07, 6.45) is 6.79. The lowest BCUT2D eigenvalue weighted by Gasteiger charge is -2.31. The number of thioether (sulfide) groups is 1. The summed E-state index contributed by atoms with van der Waals surface area (Å²) in [5.74, 6) is 7.22. The van der Waals surface area contributed by atoms with Gasteiger partial charge in [-0.1, -0.05) is 31.0 Å². The zero-order chi connectivity index (χ0) is 15.6. The van der Waals surface area contributed by atoms with E-state index in [-0.39, 0.29) is 11.7 Å². The van der Waals surface area contributed by atoms with Gasteiger partial charge in [0, 0.05) is 5.92 Å². The third-order valence-corrected chi connectivity index (χ3v) is 5.21. The van der Waals surface area contributed by atoms with Crippen LogP contribution < -0.4 is 11.2 Å². The molecule has 2 saturated carbocycles. The maximum absolute atomic E-state index is 12.1. The Kier molecular flexibility index (Phi) is 4.25. The monoisotopic (exact) mass is 320 g/mol. The smallest absolute Gasteiger partial charge is 0.231 e. The summed E-state index contributed by atoms with van der Waals surface area (Å²) in [7, 11) is 0. The summed E-state index contributed by atoms with van der Waals surface area (Å²) in [5, 5.41) is 20.9. The molecule has 0 aromatic carbocycles. The molecule has 1 aromatic rings. The molecule has 8 heteroatoms. The molecule has 0 unspecified atom stereocenters. The molecule has 7 nitrogen and oxygen atoms in total. The van der Waals surface area contributed by atoms with E-state index < -0.39 is 5.54 Å². The van der Waals surface area contributed by atoms with Gasteiger partial charge in [-0.05, 0) is 25.7 Å². The second kappa shape index (κ2) is 6.16. The summed E-state index contributed by atoms with van der Waals surface area (Å²) >= 11 is 1.26. The van der Waals surface area contributed by atoms with E-state index in [0.717, 1.165) is 50.8 Å². The Morgan fingerprint density at radius 3 is 2.77 bits per heavy atom. The zero-order valence-corrected chi connectivity index (χ0v) is 13.2. The van der Waals surface area contributed by atoms with Crippen LogP contribution in [0.15, 0.2) is 5.16 Å². The van der Waals surface area contributed by atoms with Crippen molar-refractivity contribution in [1.29, 1.82) is 5.26 Å². The fourth-order valence-corrected chi connectivity index (χ4v) is 3.52. The fourth-order valence-electron chi connectivity index (χ4n) is 2.86. The van der Waals surface area contributed by atoms with Gasteiger partial charge in [-0.25, -0.2) is 4.68 Å². The lowest BCUT2D eigenvalue weighted by atomic mass is 9.83. The minimum absolute atomic E-state index is 0.149. The van der Waals surface area contributed by atoms with Crippen molar-refractivity contribution in [2.45, 2.75) is 61.6 Å². The average molecular weight is 320 g/mol. The molecule has 22 heavy (non-hydrogen) atoms. The van der Waals surface area contributed by atoms with E-state index in [1.165, 1.54) is 16.4 Å². The number of nitrogens with two attached hydrogens (primary N) is 1. The number of hydrogen-bond acceptors (Lipinski definition) is 6. The number of nitriles is 1. The van der Waals surface area contributed by atoms with Gasteiger partial charge in [0.25, 0.3) is 0 Å². The minimum Gasteiger partial charge on any atom is -0.337 e. The van der Waals surface area contributed by atoms with Crippen LogP contribution in [-0.2, 0) is 4.79 Å². The van der Waals surface area contributed by atoms with E-state index in [1.54, 1.807) is 0 Å². The second-order valence-corrected chi connectivity index (χ2v) is 7.02. The number of hydrogen-bond donors (Lipinski definition) is 2. The Hall–Kier alpha value is -1.75. The van der Waals surface area contributed by atoms with E-state index in [4.69, 9.17) is 5.84 Å². The van der Waals surface area contributed by atoms with Crippen molar-refractivity contribution in [2.75, 3.05) is 11.6 Å². The van der Waals surface area contributed by atoms with E-state index in [1.807, 2.05) is 0 Å². The number of rotatable bonds is 5. The molecular formula is C14H20N6OS. The summed E-state index contributed by atoms with van der Waals surface area (Å²) in [6.45, 7) is 0. The third-order valence-electron chi connectivity index (χ3n) is 4.27. The SMILES string of the molecule is N#CC1(NC(=O)CSc2nnc(C3CC3)n2N)CCCCC1. The predicted molar refractivity (Wildman–Crippen MR) is 82.4 cm³/mol. The number of carbonyl (C=O) groups is 1. The van der Waals surface area contributed by atoms with E-state index in [2.05, 4.69) is 21.6 Å². The number of nitrogen functional groups attached to an aromatic ring is 1. The molecule has 1 amide bonds. The Labute approximate surface area is 133 Å². The second-order valence-electron chi connectivity index (χ2n) is 6.08. The van der Waals surface area contributed by atoms with Gasteiger partial charge >= 0.3 is 0 Å². The molecular weight excluding hydrogens is 300 g/mol. The van der Waals surface area contributed by atoms with Crippen LogP contribution in [0.2, 0.25) is 0 Å². The Balaban J connectivity index is 1.55. The number of aromatic nitrogens is 3. The lowest BCUT2D eigenvalue weighted by Crippen LogP contribution is -2.49. The van der Waals surface area contributed by atoms with Crippen molar-refractivity contribution in [3.63, 3.8) is 0 Å². The lowest BCUT2D eigenvalue weighted by molar-refractivity contribution is -0.120. The first kappa shape index (κ1) is 15.2. The minimum atomic E-state index is -0.689. The van der Waals surface area contributed by atoms with Gasteiger partial charge in [-0.3, -0.25) is 4.79 Å². The normalized spacial score (nSPS) is 20.3. The first-order valence-electron chi connectivity index (χ1n) is 7.69. The molecule has 3 rings (SSSR count). The highest BCUT2D eigenvalue weighted by atomic mass is 32.2. The highest BCUT2D eigenvalue weighted by Gasteiger charge is 2.34. The van der Waals surface area contributed by atoms with Crippen molar-refractivity contribution in [2.24, 2.45) is 0 Å². The molecule has 0 radical (unpaired) electrons. The van der Waals surface area contributed by atoms with Crippen molar-refractivity contribution in [1.82, 2.24) is 20.2 Å². The quantitative estimate of drug-likeness (QED) is 0.625. The third kappa shape index (κ3) is 3.19. The molecule has 2 fully saturated rings. The zero-order valence-electron chi connectivity index (χ0n) is 12.4. The summed E-state index contributed by atoms with van der Waals surface area (Å²) in [4.78, 5) is 12.1. The Bertz CT molecular complexity index is 597. The van der Waals surface area contributed by atoms with Gasteiger partial charge in [-0.15, -0.1) is 10.2 Å². The molecule has 0 atom stereocenters. The predicted octanol–water partition coefficient (Wildman–Crippen LogP) is 1.30. The van der Waals surface area contributed by atoms with Gasteiger partial charge < -0.3 is 11.2 Å². The van der Waals surface area contributed by atoms with E-state index in [9.17, 15) is 10.1 Å². The maximum Gasteiger partial charge on any atom is 0.231 e. The average Bonchev–Trinajstić information content (AvgIpc) is 3.30. The molecule has 1 heterocycles.